The molecule has 0 amide bonds. The lowest BCUT2D eigenvalue weighted by molar-refractivity contribution is 0.321. The number of ether oxygens (including phenoxy) is 1. The number of para-hydroxylation sites is 3. The van der Waals surface area contributed by atoms with Crippen LogP contribution < -0.4 is 14.5 Å². The van der Waals surface area contributed by atoms with E-state index >= 15 is 0 Å². The summed E-state index contributed by atoms with van der Waals surface area (Å²) in [5, 5.41) is 0. The first kappa shape index (κ1) is 22.2. The van der Waals surface area contributed by atoms with E-state index in [4.69, 9.17) is 4.74 Å². The molecular formula is C28H35N3O. The molecule has 168 valence electrons. The molecule has 1 aromatic heterocycles. The van der Waals surface area contributed by atoms with Crippen LogP contribution in [-0.4, -0.2) is 31.3 Å². The molecule has 0 bridgehead atoms. The minimum absolute atomic E-state index is 0.500. The van der Waals surface area contributed by atoms with Gasteiger partial charge in [-0.15, -0.1) is 0 Å². The van der Waals surface area contributed by atoms with Crippen molar-refractivity contribution in [2.75, 3.05) is 36.2 Å². The molecule has 1 aliphatic rings. The Bertz CT molecular complexity index is 990. The second-order valence-electron chi connectivity index (χ2n) is 9.15. The molecule has 0 saturated carbocycles. The Kier molecular flexibility index (Phi) is 6.99. The fraction of sp³-hybridized carbons (Fsp3) is 0.393. The molecule has 0 atom stereocenters. The summed E-state index contributed by atoms with van der Waals surface area (Å²) in [4.78, 5) is 9.39. The van der Waals surface area contributed by atoms with Gasteiger partial charge in [0.1, 0.15) is 5.75 Å². The molecule has 4 nitrogen and oxygen atoms in total. The van der Waals surface area contributed by atoms with Crippen molar-refractivity contribution in [2.45, 2.75) is 46.0 Å². The van der Waals surface area contributed by atoms with Crippen molar-refractivity contribution in [1.82, 2.24) is 4.98 Å². The zero-order valence-electron chi connectivity index (χ0n) is 19.8. The third-order valence-corrected chi connectivity index (χ3v) is 6.19. The van der Waals surface area contributed by atoms with Gasteiger partial charge in [-0.05, 0) is 47.2 Å². The van der Waals surface area contributed by atoms with Gasteiger partial charge < -0.3 is 14.5 Å². The molecule has 0 radical (unpaired) electrons. The first-order chi connectivity index (χ1) is 15.5. The minimum atomic E-state index is 0.500. The lowest BCUT2D eigenvalue weighted by atomic mass is 9.92. The lowest BCUT2D eigenvalue weighted by Gasteiger charge is -2.29. The van der Waals surface area contributed by atoms with Crippen LogP contribution in [0.5, 0.6) is 5.75 Å². The molecule has 4 heteroatoms. The van der Waals surface area contributed by atoms with Crippen LogP contribution >= 0.6 is 0 Å². The lowest BCUT2D eigenvalue weighted by Crippen LogP contribution is -2.27. The van der Waals surface area contributed by atoms with E-state index in [-0.39, 0.29) is 0 Å². The van der Waals surface area contributed by atoms with E-state index in [1.54, 1.807) is 0 Å². The summed E-state index contributed by atoms with van der Waals surface area (Å²) in [5.41, 5.74) is 6.54. The monoisotopic (exact) mass is 429 g/mol. The summed E-state index contributed by atoms with van der Waals surface area (Å²) in [5.74, 6) is 1.95. The standard InChI is InChI=1S/C28H35N3O/c1-21(2)24-11-9-12-25(22(3)4)28(24)31-18-17-30(20-31)26-13-5-6-14-27(26)32-19-15-23-10-7-8-16-29-23/h5-14,16,21-22H,15,17-20H2,1-4H3. The average Bonchev–Trinajstić information content (AvgIpc) is 3.29. The van der Waals surface area contributed by atoms with Gasteiger partial charge in [-0.2, -0.15) is 0 Å². The van der Waals surface area contributed by atoms with Gasteiger partial charge in [-0.1, -0.05) is 64.1 Å². The van der Waals surface area contributed by atoms with Gasteiger partial charge >= 0.3 is 0 Å². The van der Waals surface area contributed by atoms with Crippen molar-refractivity contribution in [3.05, 3.63) is 83.7 Å². The Morgan fingerprint density at radius 1 is 0.812 bits per heavy atom. The summed E-state index contributed by atoms with van der Waals surface area (Å²) in [6.45, 7) is 12.7. The number of nitrogens with zero attached hydrogens (tertiary/aromatic N) is 3. The van der Waals surface area contributed by atoms with Gasteiger partial charge in [0.05, 0.1) is 19.0 Å². The first-order valence-electron chi connectivity index (χ1n) is 11.8. The topological polar surface area (TPSA) is 28.6 Å². The highest BCUT2D eigenvalue weighted by molar-refractivity contribution is 5.66. The van der Waals surface area contributed by atoms with Crippen molar-refractivity contribution in [3.8, 4) is 5.75 Å². The van der Waals surface area contributed by atoms with Crippen LogP contribution in [-0.2, 0) is 6.42 Å². The predicted molar refractivity (Wildman–Crippen MR) is 134 cm³/mol. The Morgan fingerprint density at radius 3 is 2.19 bits per heavy atom. The van der Waals surface area contributed by atoms with Crippen LogP contribution in [0, 0.1) is 0 Å². The van der Waals surface area contributed by atoms with E-state index in [1.807, 2.05) is 24.4 Å². The largest absolute Gasteiger partial charge is 0.491 e. The molecule has 32 heavy (non-hydrogen) atoms. The SMILES string of the molecule is CC(C)c1cccc(C(C)C)c1N1CCN(c2ccccc2OCCc2ccccn2)C1. The maximum atomic E-state index is 6.22. The number of rotatable bonds is 8. The second kappa shape index (κ2) is 10.1. The zero-order chi connectivity index (χ0) is 22.5. The van der Waals surface area contributed by atoms with E-state index in [0.717, 1.165) is 37.6 Å². The third-order valence-electron chi connectivity index (χ3n) is 6.19. The quantitative estimate of drug-likeness (QED) is 0.424. The van der Waals surface area contributed by atoms with Crippen LogP contribution in [0.4, 0.5) is 11.4 Å². The summed E-state index contributed by atoms with van der Waals surface area (Å²) in [6, 6.07) is 21.2. The Balaban J connectivity index is 1.51. The normalized spacial score (nSPS) is 13.9. The van der Waals surface area contributed by atoms with Gasteiger partial charge in [0.2, 0.25) is 0 Å². The van der Waals surface area contributed by atoms with Gasteiger partial charge in [-0.25, -0.2) is 0 Å². The fourth-order valence-electron chi connectivity index (χ4n) is 4.50. The maximum absolute atomic E-state index is 6.22. The molecular weight excluding hydrogens is 394 g/mol. The molecule has 3 aromatic rings. The fourth-order valence-corrected chi connectivity index (χ4v) is 4.50. The number of aromatic nitrogens is 1. The molecule has 1 aliphatic heterocycles. The van der Waals surface area contributed by atoms with E-state index in [1.165, 1.54) is 22.5 Å². The zero-order valence-corrected chi connectivity index (χ0v) is 19.8. The Hall–Kier alpha value is -3.01. The van der Waals surface area contributed by atoms with Crippen molar-refractivity contribution >= 4 is 11.4 Å². The van der Waals surface area contributed by atoms with E-state index in [2.05, 4.69) is 84.9 Å². The average molecular weight is 430 g/mol. The third kappa shape index (κ3) is 4.90. The second-order valence-corrected chi connectivity index (χ2v) is 9.15. The van der Waals surface area contributed by atoms with Crippen molar-refractivity contribution in [2.24, 2.45) is 0 Å². The summed E-state index contributed by atoms with van der Waals surface area (Å²) < 4.78 is 6.22. The molecule has 2 heterocycles. The molecule has 1 fully saturated rings. The van der Waals surface area contributed by atoms with Crippen molar-refractivity contribution < 1.29 is 4.74 Å². The van der Waals surface area contributed by atoms with Crippen molar-refractivity contribution in [3.63, 3.8) is 0 Å². The van der Waals surface area contributed by atoms with E-state index < -0.39 is 0 Å². The van der Waals surface area contributed by atoms with Crippen LogP contribution in [0.25, 0.3) is 0 Å². The number of hydrogen-bond donors (Lipinski definition) is 0. The van der Waals surface area contributed by atoms with Gasteiger partial charge in [-0.3, -0.25) is 4.98 Å². The number of hydrogen-bond acceptors (Lipinski definition) is 4. The summed E-state index contributed by atoms with van der Waals surface area (Å²) in [7, 11) is 0. The molecule has 0 unspecified atom stereocenters. The van der Waals surface area contributed by atoms with Gasteiger partial charge in [0.15, 0.2) is 0 Å². The molecule has 2 aromatic carbocycles. The Labute approximate surface area is 192 Å². The van der Waals surface area contributed by atoms with Crippen LogP contribution in [0.15, 0.2) is 66.9 Å². The molecule has 0 N–H and O–H groups in total. The highest BCUT2D eigenvalue weighted by Crippen LogP contribution is 2.38. The Morgan fingerprint density at radius 2 is 1.50 bits per heavy atom. The highest BCUT2D eigenvalue weighted by atomic mass is 16.5. The van der Waals surface area contributed by atoms with Crippen LogP contribution in [0.3, 0.4) is 0 Å². The summed E-state index contributed by atoms with van der Waals surface area (Å²) in [6.07, 6.45) is 2.64. The molecule has 1 saturated heterocycles. The minimum Gasteiger partial charge on any atom is -0.491 e. The highest BCUT2D eigenvalue weighted by Gasteiger charge is 2.27. The number of pyridine rings is 1. The molecule has 4 rings (SSSR count). The van der Waals surface area contributed by atoms with E-state index in [0.29, 0.717) is 18.4 Å². The van der Waals surface area contributed by atoms with Gasteiger partial charge in [0.25, 0.3) is 0 Å². The van der Waals surface area contributed by atoms with E-state index in [9.17, 15) is 0 Å². The van der Waals surface area contributed by atoms with Crippen LogP contribution in [0.2, 0.25) is 0 Å². The van der Waals surface area contributed by atoms with Crippen LogP contribution in [0.1, 0.15) is 56.4 Å². The maximum Gasteiger partial charge on any atom is 0.142 e. The van der Waals surface area contributed by atoms with Gasteiger partial charge in [0, 0.05) is 37.1 Å². The number of anilines is 2. The molecule has 0 spiro atoms. The smallest absolute Gasteiger partial charge is 0.142 e. The van der Waals surface area contributed by atoms with Crippen molar-refractivity contribution in [1.29, 1.82) is 0 Å². The molecule has 0 aliphatic carbocycles. The predicted octanol–water partition coefficient (Wildman–Crippen LogP) is 6.23. The summed E-state index contributed by atoms with van der Waals surface area (Å²) >= 11 is 0. The number of benzene rings is 2. The first-order valence-corrected chi connectivity index (χ1v) is 11.8.